The largest absolute Gasteiger partial charge is 0.507 e. The van der Waals surface area contributed by atoms with Crippen LogP contribution >= 0.6 is 0 Å². The molecule has 72 valence electrons. The Morgan fingerprint density at radius 2 is 1.77 bits per heavy atom. The van der Waals surface area contributed by atoms with Gasteiger partial charge in [-0.3, -0.25) is 4.79 Å². The molecule has 13 heavy (non-hydrogen) atoms. The first-order chi connectivity index (χ1) is 6.26. The van der Waals surface area contributed by atoms with E-state index in [0.29, 0.717) is 24.9 Å². The fraction of sp³-hybridized carbons (Fsp3) is 0.222. The van der Waals surface area contributed by atoms with Crippen molar-refractivity contribution < 1.29 is 9.90 Å². The lowest BCUT2D eigenvalue weighted by molar-refractivity contribution is 0.112. The molecule has 0 aliphatic rings. The molecule has 4 nitrogen and oxygen atoms in total. The predicted molar refractivity (Wildman–Crippen MR) is 51.6 cm³/mol. The van der Waals surface area contributed by atoms with Crippen LogP contribution in [0, 0.1) is 0 Å². The molecule has 0 heterocycles. The third-order valence-electron chi connectivity index (χ3n) is 1.23. The molecule has 0 atom stereocenters. The zero-order valence-corrected chi connectivity index (χ0v) is 7.31. The van der Waals surface area contributed by atoms with Gasteiger partial charge in [0.05, 0.1) is 5.56 Å². The summed E-state index contributed by atoms with van der Waals surface area (Å²) < 4.78 is 0. The first kappa shape index (κ1) is 11.6. The number of aldehydes is 1. The Balaban J connectivity index is 0.000000310. The molecule has 0 amide bonds. The Morgan fingerprint density at radius 1 is 1.23 bits per heavy atom. The lowest BCUT2D eigenvalue weighted by Crippen LogP contribution is -2.11. The highest BCUT2D eigenvalue weighted by Gasteiger charge is 1.93. The average molecular weight is 182 g/mol. The molecule has 1 aromatic carbocycles. The minimum atomic E-state index is 0.0347. The van der Waals surface area contributed by atoms with E-state index in [1.54, 1.807) is 18.2 Å². The summed E-state index contributed by atoms with van der Waals surface area (Å²) in [6.07, 6.45) is 0.620. The number of hydrogen-bond donors (Lipinski definition) is 3. The van der Waals surface area contributed by atoms with Crippen LogP contribution < -0.4 is 11.5 Å². The van der Waals surface area contributed by atoms with Gasteiger partial charge in [0, 0.05) is 13.1 Å². The van der Waals surface area contributed by atoms with Gasteiger partial charge in [0.15, 0.2) is 6.29 Å². The van der Waals surface area contributed by atoms with Crippen LogP contribution in [0.15, 0.2) is 24.3 Å². The van der Waals surface area contributed by atoms with Crippen molar-refractivity contribution in [3.63, 3.8) is 0 Å². The number of aromatic hydroxyl groups is 1. The molecule has 5 N–H and O–H groups in total. The molecule has 0 bridgehead atoms. The van der Waals surface area contributed by atoms with Crippen LogP contribution in [0.25, 0.3) is 0 Å². The molecule has 0 saturated carbocycles. The number of rotatable bonds is 2. The summed E-state index contributed by atoms with van der Waals surface area (Å²) in [5, 5.41) is 8.88. The SMILES string of the molecule is NCCN.O=Cc1ccccc1O. The Hall–Kier alpha value is -1.39. The number of hydrogen-bond acceptors (Lipinski definition) is 4. The lowest BCUT2D eigenvalue weighted by atomic mass is 10.2. The van der Waals surface area contributed by atoms with Crippen molar-refractivity contribution in [3.05, 3.63) is 29.8 Å². The van der Waals surface area contributed by atoms with Crippen LogP contribution in [0.4, 0.5) is 0 Å². The number of phenols is 1. The molecule has 0 radical (unpaired) electrons. The smallest absolute Gasteiger partial charge is 0.153 e. The second kappa shape index (κ2) is 7.27. The van der Waals surface area contributed by atoms with Gasteiger partial charge in [-0.15, -0.1) is 0 Å². The van der Waals surface area contributed by atoms with Gasteiger partial charge in [-0.1, -0.05) is 12.1 Å². The van der Waals surface area contributed by atoms with Crippen LogP contribution in [0.5, 0.6) is 5.75 Å². The molecule has 1 aromatic rings. The van der Waals surface area contributed by atoms with E-state index in [2.05, 4.69) is 0 Å². The maximum absolute atomic E-state index is 10.1. The first-order valence-electron chi connectivity index (χ1n) is 3.89. The van der Waals surface area contributed by atoms with Crippen LogP contribution in [-0.4, -0.2) is 24.5 Å². The fourth-order valence-electron chi connectivity index (χ4n) is 0.587. The second-order valence-electron chi connectivity index (χ2n) is 2.25. The van der Waals surface area contributed by atoms with Gasteiger partial charge < -0.3 is 16.6 Å². The molecule has 0 saturated heterocycles. The van der Waals surface area contributed by atoms with E-state index in [9.17, 15) is 4.79 Å². The van der Waals surface area contributed by atoms with E-state index < -0.39 is 0 Å². The Kier molecular flexibility index (Phi) is 6.49. The highest BCUT2D eigenvalue weighted by atomic mass is 16.3. The Bertz CT molecular complexity index is 249. The van der Waals surface area contributed by atoms with Gasteiger partial charge in [-0.25, -0.2) is 0 Å². The molecule has 0 aromatic heterocycles. The number of para-hydroxylation sites is 1. The number of carbonyl (C=O) groups excluding carboxylic acids is 1. The highest BCUT2D eigenvalue weighted by Crippen LogP contribution is 2.11. The maximum Gasteiger partial charge on any atom is 0.153 e. The quantitative estimate of drug-likeness (QED) is 0.566. The lowest BCUT2D eigenvalue weighted by Gasteiger charge is -1.91. The van der Waals surface area contributed by atoms with Crippen LogP contribution in [0.2, 0.25) is 0 Å². The van der Waals surface area contributed by atoms with Crippen LogP contribution in [0.3, 0.4) is 0 Å². The maximum atomic E-state index is 10.1. The van der Waals surface area contributed by atoms with Crippen molar-refractivity contribution in [2.75, 3.05) is 13.1 Å². The third-order valence-corrected chi connectivity index (χ3v) is 1.23. The first-order valence-corrected chi connectivity index (χ1v) is 3.89. The molecule has 0 spiro atoms. The van der Waals surface area contributed by atoms with Gasteiger partial charge in [0.1, 0.15) is 5.75 Å². The molecule has 0 fully saturated rings. The molecule has 0 aliphatic heterocycles. The minimum absolute atomic E-state index is 0.0347. The van der Waals surface area contributed by atoms with E-state index >= 15 is 0 Å². The summed E-state index contributed by atoms with van der Waals surface area (Å²) in [6, 6.07) is 6.40. The van der Waals surface area contributed by atoms with Crippen molar-refractivity contribution >= 4 is 6.29 Å². The number of carbonyl (C=O) groups is 1. The van der Waals surface area contributed by atoms with E-state index in [1.807, 2.05) is 0 Å². The van der Waals surface area contributed by atoms with Crippen LogP contribution in [0.1, 0.15) is 10.4 Å². The van der Waals surface area contributed by atoms with E-state index in [1.165, 1.54) is 6.07 Å². The Morgan fingerprint density at radius 3 is 2.08 bits per heavy atom. The summed E-state index contributed by atoms with van der Waals surface area (Å²) in [5.74, 6) is 0.0347. The van der Waals surface area contributed by atoms with E-state index in [0.717, 1.165) is 0 Å². The van der Waals surface area contributed by atoms with Gasteiger partial charge in [0.25, 0.3) is 0 Å². The monoisotopic (exact) mass is 182 g/mol. The molecule has 0 unspecified atom stereocenters. The summed E-state index contributed by atoms with van der Waals surface area (Å²) in [5.41, 5.74) is 10.1. The number of benzene rings is 1. The van der Waals surface area contributed by atoms with Gasteiger partial charge in [-0.05, 0) is 12.1 Å². The van der Waals surface area contributed by atoms with Gasteiger partial charge in [0.2, 0.25) is 0 Å². The van der Waals surface area contributed by atoms with Crippen molar-refractivity contribution in [2.45, 2.75) is 0 Å². The molecule has 0 aliphatic carbocycles. The summed E-state index contributed by atoms with van der Waals surface area (Å²) in [4.78, 5) is 10.1. The summed E-state index contributed by atoms with van der Waals surface area (Å²) >= 11 is 0. The zero-order valence-electron chi connectivity index (χ0n) is 7.31. The van der Waals surface area contributed by atoms with Gasteiger partial charge >= 0.3 is 0 Å². The molecular weight excluding hydrogens is 168 g/mol. The zero-order chi connectivity index (χ0) is 10.1. The molecule has 4 heteroatoms. The van der Waals surface area contributed by atoms with Crippen molar-refractivity contribution in [2.24, 2.45) is 11.5 Å². The topological polar surface area (TPSA) is 89.3 Å². The highest BCUT2D eigenvalue weighted by molar-refractivity contribution is 5.78. The predicted octanol–water partition coefficient (Wildman–Crippen LogP) is 0.109. The standard InChI is InChI=1S/C7H6O2.C2H8N2/c8-5-6-3-1-2-4-7(6)9;3-1-2-4/h1-5,9H;1-4H2. The number of nitrogens with two attached hydrogens (primary N) is 2. The molecule has 1 rings (SSSR count). The number of phenolic OH excluding ortho intramolecular Hbond substituents is 1. The fourth-order valence-corrected chi connectivity index (χ4v) is 0.587. The van der Waals surface area contributed by atoms with Crippen molar-refractivity contribution in [3.8, 4) is 5.75 Å². The summed E-state index contributed by atoms with van der Waals surface area (Å²) in [6.45, 7) is 1.19. The van der Waals surface area contributed by atoms with Crippen molar-refractivity contribution in [1.82, 2.24) is 0 Å². The third kappa shape index (κ3) is 4.95. The normalized spacial score (nSPS) is 8.46. The second-order valence-corrected chi connectivity index (χ2v) is 2.25. The van der Waals surface area contributed by atoms with E-state index in [4.69, 9.17) is 16.6 Å². The Labute approximate surface area is 77.2 Å². The average Bonchev–Trinajstić information content (AvgIpc) is 2.19. The van der Waals surface area contributed by atoms with Gasteiger partial charge in [-0.2, -0.15) is 0 Å². The minimum Gasteiger partial charge on any atom is -0.507 e. The van der Waals surface area contributed by atoms with Crippen molar-refractivity contribution in [1.29, 1.82) is 0 Å². The summed E-state index contributed by atoms with van der Waals surface area (Å²) in [7, 11) is 0. The molecular formula is C9H14N2O2. The van der Waals surface area contributed by atoms with E-state index in [-0.39, 0.29) is 5.75 Å². The van der Waals surface area contributed by atoms with Crippen LogP contribution in [-0.2, 0) is 0 Å².